The second kappa shape index (κ2) is 7.88. The Morgan fingerprint density at radius 2 is 2.04 bits per heavy atom. The molecule has 0 saturated heterocycles. The molecule has 23 heavy (non-hydrogen) atoms. The molecule has 1 heterocycles. The summed E-state index contributed by atoms with van der Waals surface area (Å²) in [5, 5.41) is 13.0. The predicted octanol–water partition coefficient (Wildman–Crippen LogP) is 3.14. The van der Waals surface area contributed by atoms with Gasteiger partial charge in [-0.3, -0.25) is 0 Å². The molecular formula is C19H23NO3. The summed E-state index contributed by atoms with van der Waals surface area (Å²) >= 11 is 0. The van der Waals surface area contributed by atoms with Gasteiger partial charge in [0.1, 0.15) is 23.4 Å². The monoisotopic (exact) mass is 313 g/mol. The fourth-order valence-electron chi connectivity index (χ4n) is 2.73. The van der Waals surface area contributed by atoms with Crippen molar-refractivity contribution < 1.29 is 14.6 Å². The van der Waals surface area contributed by atoms with Gasteiger partial charge in [0.15, 0.2) is 0 Å². The van der Waals surface area contributed by atoms with Crippen molar-refractivity contribution in [1.29, 1.82) is 0 Å². The second-order valence-electron chi connectivity index (χ2n) is 5.79. The van der Waals surface area contributed by atoms with Gasteiger partial charge in [-0.1, -0.05) is 24.3 Å². The van der Waals surface area contributed by atoms with E-state index in [0.717, 1.165) is 43.9 Å². The number of hydrogen-bond acceptors (Lipinski definition) is 4. The van der Waals surface area contributed by atoms with E-state index < -0.39 is 0 Å². The van der Waals surface area contributed by atoms with Crippen molar-refractivity contribution in [3.63, 3.8) is 0 Å². The third-order valence-corrected chi connectivity index (χ3v) is 3.96. The first kappa shape index (κ1) is 15.7. The molecule has 0 radical (unpaired) electrons. The van der Waals surface area contributed by atoms with Crippen LogP contribution in [0.2, 0.25) is 0 Å². The molecule has 1 atom stereocenters. The molecule has 3 rings (SSSR count). The lowest BCUT2D eigenvalue weighted by Gasteiger charge is -2.26. The van der Waals surface area contributed by atoms with Crippen molar-refractivity contribution in [1.82, 2.24) is 5.32 Å². The summed E-state index contributed by atoms with van der Waals surface area (Å²) in [6.45, 7) is 2.43. The average molecular weight is 313 g/mol. The molecule has 122 valence electrons. The number of aryl methyl sites for hydroxylation is 1. The van der Waals surface area contributed by atoms with Crippen LogP contribution in [0, 0.1) is 0 Å². The Hall–Kier alpha value is -2.20. The number of ether oxygens (including phenoxy) is 2. The minimum atomic E-state index is 0.166. The fourth-order valence-corrected chi connectivity index (χ4v) is 2.73. The standard InChI is InChI=1S/C19H23NO3/c21-16-9-7-15-8-10-18(23-19(15)13-16)14-20-11-4-12-22-17-5-2-1-3-6-17/h1-3,5-7,9,13,18,20-21H,4,8,10-12,14H2/t18-/m0/s1. The van der Waals surface area contributed by atoms with Gasteiger partial charge in [-0.2, -0.15) is 0 Å². The summed E-state index contributed by atoms with van der Waals surface area (Å²) in [7, 11) is 0. The van der Waals surface area contributed by atoms with Crippen LogP contribution in [0.15, 0.2) is 48.5 Å². The Balaban J connectivity index is 1.32. The van der Waals surface area contributed by atoms with Crippen LogP contribution in [-0.2, 0) is 6.42 Å². The van der Waals surface area contributed by atoms with Crippen molar-refractivity contribution in [2.24, 2.45) is 0 Å². The Bertz CT molecular complexity index is 615. The Morgan fingerprint density at radius 3 is 2.91 bits per heavy atom. The van der Waals surface area contributed by atoms with E-state index in [9.17, 15) is 5.11 Å². The number of phenols is 1. The van der Waals surface area contributed by atoms with Gasteiger partial charge in [-0.15, -0.1) is 0 Å². The highest BCUT2D eigenvalue weighted by Gasteiger charge is 2.19. The number of nitrogens with one attached hydrogen (secondary N) is 1. The number of rotatable bonds is 7. The maximum atomic E-state index is 9.53. The SMILES string of the molecule is Oc1ccc2c(c1)O[C@H](CNCCCOc1ccccc1)CC2. The minimum absolute atomic E-state index is 0.166. The average Bonchev–Trinajstić information content (AvgIpc) is 2.58. The smallest absolute Gasteiger partial charge is 0.126 e. The van der Waals surface area contributed by atoms with Crippen molar-refractivity contribution >= 4 is 0 Å². The number of para-hydroxylation sites is 1. The summed E-state index contributed by atoms with van der Waals surface area (Å²) in [5.74, 6) is 1.99. The van der Waals surface area contributed by atoms with E-state index in [2.05, 4.69) is 5.32 Å². The molecular weight excluding hydrogens is 290 g/mol. The largest absolute Gasteiger partial charge is 0.508 e. The molecule has 0 unspecified atom stereocenters. The molecule has 0 fully saturated rings. The molecule has 4 nitrogen and oxygen atoms in total. The lowest BCUT2D eigenvalue weighted by Crippen LogP contribution is -2.34. The van der Waals surface area contributed by atoms with Crippen molar-refractivity contribution in [2.45, 2.75) is 25.4 Å². The molecule has 1 aliphatic rings. The van der Waals surface area contributed by atoms with E-state index in [1.54, 1.807) is 12.1 Å². The molecule has 1 aliphatic heterocycles. The zero-order chi connectivity index (χ0) is 15.9. The van der Waals surface area contributed by atoms with Crippen molar-refractivity contribution in [3.05, 3.63) is 54.1 Å². The minimum Gasteiger partial charge on any atom is -0.508 e. The zero-order valence-electron chi connectivity index (χ0n) is 13.2. The predicted molar refractivity (Wildman–Crippen MR) is 90.3 cm³/mol. The lowest BCUT2D eigenvalue weighted by molar-refractivity contribution is 0.169. The molecule has 0 aliphatic carbocycles. The zero-order valence-corrected chi connectivity index (χ0v) is 13.2. The van der Waals surface area contributed by atoms with Crippen LogP contribution < -0.4 is 14.8 Å². The summed E-state index contributed by atoms with van der Waals surface area (Å²) in [5.41, 5.74) is 1.18. The van der Waals surface area contributed by atoms with Crippen LogP contribution in [0.1, 0.15) is 18.4 Å². The molecule has 2 aromatic carbocycles. The van der Waals surface area contributed by atoms with E-state index in [-0.39, 0.29) is 11.9 Å². The second-order valence-corrected chi connectivity index (χ2v) is 5.79. The topological polar surface area (TPSA) is 50.7 Å². The number of phenolic OH excluding ortho intramolecular Hbond substituents is 1. The van der Waals surface area contributed by atoms with Crippen LogP contribution in [0.4, 0.5) is 0 Å². The highest BCUT2D eigenvalue weighted by atomic mass is 16.5. The first-order valence-electron chi connectivity index (χ1n) is 8.18. The van der Waals surface area contributed by atoms with E-state index in [4.69, 9.17) is 9.47 Å². The van der Waals surface area contributed by atoms with Gasteiger partial charge in [-0.25, -0.2) is 0 Å². The van der Waals surface area contributed by atoms with Gasteiger partial charge in [0.2, 0.25) is 0 Å². The molecule has 2 aromatic rings. The van der Waals surface area contributed by atoms with Gasteiger partial charge < -0.3 is 19.9 Å². The van der Waals surface area contributed by atoms with Crippen LogP contribution >= 0.6 is 0 Å². The van der Waals surface area contributed by atoms with E-state index in [0.29, 0.717) is 6.61 Å². The fraction of sp³-hybridized carbons (Fsp3) is 0.368. The molecule has 0 saturated carbocycles. The van der Waals surface area contributed by atoms with Crippen molar-refractivity contribution in [3.8, 4) is 17.2 Å². The number of benzene rings is 2. The number of hydrogen-bond donors (Lipinski definition) is 2. The molecule has 0 bridgehead atoms. The summed E-state index contributed by atoms with van der Waals surface area (Å²) in [4.78, 5) is 0. The summed E-state index contributed by atoms with van der Waals surface area (Å²) in [6.07, 6.45) is 3.13. The molecule has 2 N–H and O–H groups in total. The van der Waals surface area contributed by atoms with E-state index in [1.807, 2.05) is 36.4 Å². The molecule has 4 heteroatoms. The van der Waals surface area contributed by atoms with E-state index >= 15 is 0 Å². The van der Waals surface area contributed by atoms with Gasteiger partial charge in [0, 0.05) is 12.6 Å². The third kappa shape index (κ3) is 4.63. The highest BCUT2D eigenvalue weighted by Crippen LogP contribution is 2.30. The lowest BCUT2D eigenvalue weighted by atomic mass is 10.0. The Kier molecular flexibility index (Phi) is 5.37. The molecule has 0 amide bonds. The molecule has 0 spiro atoms. The van der Waals surface area contributed by atoms with Gasteiger partial charge >= 0.3 is 0 Å². The van der Waals surface area contributed by atoms with E-state index in [1.165, 1.54) is 5.56 Å². The first-order valence-corrected chi connectivity index (χ1v) is 8.18. The van der Waals surface area contributed by atoms with Gasteiger partial charge in [0.25, 0.3) is 0 Å². The third-order valence-electron chi connectivity index (χ3n) is 3.96. The van der Waals surface area contributed by atoms with Crippen LogP contribution in [-0.4, -0.2) is 30.9 Å². The van der Waals surface area contributed by atoms with Crippen LogP contribution in [0.25, 0.3) is 0 Å². The van der Waals surface area contributed by atoms with Gasteiger partial charge in [-0.05, 0) is 49.6 Å². The number of aromatic hydroxyl groups is 1. The molecule has 0 aromatic heterocycles. The van der Waals surface area contributed by atoms with Crippen LogP contribution in [0.5, 0.6) is 17.2 Å². The van der Waals surface area contributed by atoms with Crippen molar-refractivity contribution in [2.75, 3.05) is 19.7 Å². The normalized spacial score (nSPS) is 16.4. The highest BCUT2D eigenvalue weighted by molar-refractivity contribution is 5.41. The Morgan fingerprint density at radius 1 is 1.17 bits per heavy atom. The summed E-state index contributed by atoms with van der Waals surface area (Å²) in [6, 6.07) is 15.2. The maximum Gasteiger partial charge on any atom is 0.126 e. The Labute approximate surface area is 137 Å². The summed E-state index contributed by atoms with van der Waals surface area (Å²) < 4.78 is 11.6. The quantitative estimate of drug-likeness (QED) is 0.771. The maximum absolute atomic E-state index is 9.53. The first-order chi connectivity index (χ1) is 11.3. The van der Waals surface area contributed by atoms with Crippen LogP contribution in [0.3, 0.4) is 0 Å². The van der Waals surface area contributed by atoms with Gasteiger partial charge in [0.05, 0.1) is 6.61 Å². The number of fused-ring (bicyclic) bond motifs is 1.